The van der Waals surface area contributed by atoms with Crippen molar-refractivity contribution < 1.29 is 14.3 Å². The van der Waals surface area contributed by atoms with Crippen LogP contribution in [0, 0.1) is 0 Å². The van der Waals surface area contributed by atoms with E-state index in [1.54, 1.807) is 13.2 Å². The number of aryl methyl sites for hydroxylation is 2. The van der Waals surface area contributed by atoms with Gasteiger partial charge in [-0.15, -0.1) is 0 Å². The number of nitrogens with zero attached hydrogens (tertiary/aromatic N) is 4. The zero-order valence-corrected chi connectivity index (χ0v) is 24.2. The van der Waals surface area contributed by atoms with Gasteiger partial charge in [0.2, 0.25) is 5.95 Å². The van der Waals surface area contributed by atoms with E-state index in [0.29, 0.717) is 12.2 Å². The van der Waals surface area contributed by atoms with Crippen LogP contribution in [0.4, 0.5) is 5.95 Å². The molecule has 8 heteroatoms. The maximum Gasteiger partial charge on any atom is 0.337 e. The fourth-order valence-electron chi connectivity index (χ4n) is 5.38. The maximum absolute atomic E-state index is 12.3. The number of rotatable bonds is 14. The SMILES string of the molecule is CCCCCn1c(NCCc2ccccc2)nc2cccc(-c3nc4cc(C(=O)OC)ccc4n3CCCOC)c21. The molecule has 0 unspecified atom stereocenters. The van der Waals surface area contributed by atoms with Gasteiger partial charge in [0, 0.05) is 38.9 Å². The summed E-state index contributed by atoms with van der Waals surface area (Å²) in [4.78, 5) is 22.4. The number of unbranched alkanes of at least 4 members (excludes halogenated alkanes) is 2. The van der Waals surface area contributed by atoms with Crippen LogP contribution in [0.2, 0.25) is 0 Å². The van der Waals surface area contributed by atoms with Gasteiger partial charge < -0.3 is 23.9 Å². The summed E-state index contributed by atoms with van der Waals surface area (Å²) in [6.07, 6.45) is 5.12. The predicted octanol–water partition coefficient (Wildman–Crippen LogP) is 6.72. The summed E-state index contributed by atoms with van der Waals surface area (Å²) in [6.45, 7) is 5.27. The first-order chi connectivity index (χ1) is 20.1. The Morgan fingerprint density at radius 1 is 0.878 bits per heavy atom. The quantitative estimate of drug-likeness (QED) is 0.121. The minimum absolute atomic E-state index is 0.371. The molecule has 0 atom stereocenters. The van der Waals surface area contributed by atoms with Gasteiger partial charge in [-0.2, -0.15) is 0 Å². The Bertz CT molecular complexity index is 1610. The fourth-order valence-corrected chi connectivity index (χ4v) is 5.38. The van der Waals surface area contributed by atoms with Crippen LogP contribution in [0.15, 0.2) is 66.7 Å². The number of benzene rings is 3. The monoisotopic (exact) mass is 553 g/mol. The van der Waals surface area contributed by atoms with Gasteiger partial charge in [0.15, 0.2) is 0 Å². The smallest absolute Gasteiger partial charge is 0.337 e. The maximum atomic E-state index is 12.3. The summed E-state index contributed by atoms with van der Waals surface area (Å²) >= 11 is 0. The molecule has 0 aliphatic rings. The number of para-hydroxylation sites is 1. The van der Waals surface area contributed by atoms with E-state index in [9.17, 15) is 4.79 Å². The standard InChI is InChI=1S/C33H39N5O3/c1-4-5-9-20-38-30-26(14-10-15-27(30)36-33(38)34-19-18-24-12-7-6-8-13-24)31-35-28-23-25(32(39)41-3)16-17-29(28)37(31)21-11-22-40-2/h6-8,10,12-17,23H,4-5,9,11,18-22H2,1-3H3,(H,34,36). The normalized spacial score (nSPS) is 11.4. The van der Waals surface area contributed by atoms with Crippen LogP contribution in [-0.4, -0.2) is 52.4 Å². The number of methoxy groups -OCH3 is 2. The first-order valence-electron chi connectivity index (χ1n) is 14.5. The van der Waals surface area contributed by atoms with Crippen molar-refractivity contribution in [2.45, 2.75) is 52.1 Å². The second-order valence-corrected chi connectivity index (χ2v) is 10.3. The summed E-state index contributed by atoms with van der Waals surface area (Å²) in [5.74, 6) is 1.37. The highest BCUT2D eigenvalue weighted by Crippen LogP contribution is 2.34. The number of nitrogens with one attached hydrogen (secondary N) is 1. The van der Waals surface area contributed by atoms with E-state index in [0.717, 1.165) is 91.1 Å². The lowest BCUT2D eigenvalue weighted by molar-refractivity contribution is 0.0601. The first kappa shape index (κ1) is 28.4. The second kappa shape index (κ2) is 13.5. The van der Waals surface area contributed by atoms with Crippen LogP contribution in [0.25, 0.3) is 33.5 Å². The van der Waals surface area contributed by atoms with Crippen molar-refractivity contribution in [2.75, 3.05) is 32.7 Å². The molecule has 41 heavy (non-hydrogen) atoms. The fraction of sp³-hybridized carbons (Fsp3) is 0.364. The molecule has 0 saturated heterocycles. The number of carbonyl (C=O) groups excluding carboxylic acids is 1. The van der Waals surface area contributed by atoms with E-state index in [1.807, 2.05) is 24.3 Å². The predicted molar refractivity (Wildman–Crippen MR) is 164 cm³/mol. The van der Waals surface area contributed by atoms with Crippen LogP contribution in [0.3, 0.4) is 0 Å². The van der Waals surface area contributed by atoms with Crippen molar-refractivity contribution >= 4 is 34.0 Å². The molecule has 0 amide bonds. The van der Waals surface area contributed by atoms with Gasteiger partial charge in [-0.05, 0) is 55.2 Å². The Labute approximate surface area is 241 Å². The number of imidazole rings is 2. The molecule has 0 spiro atoms. The van der Waals surface area contributed by atoms with Crippen LogP contribution in [-0.2, 0) is 29.0 Å². The Morgan fingerprint density at radius 3 is 2.49 bits per heavy atom. The molecule has 0 aliphatic heterocycles. The number of aromatic nitrogens is 4. The lowest BCUT2D eigenvalue weighted by Crippen LogP contribution is -2.11. The Hall–Kier alpha value is -4.17. The van der Waals surface area contributed by atoms with E-state index < -0.39 is 0 Å². The minimum atomic E-state index is -0.371. The molecule has 1 N–H and O–H groups in total. The third-order valence-electron chi connectivity index (χ3n) is 7.43. The topological polar surface area (TPSA) is 83.2 Å². The molecule has 2 aromatic heterocycles. The van der Waals surface area contributed by atoms with Crippen LogP contribution < -0.4 is 5.32 Å². The third kappa shape index (κ3) is 6.28. The van der Waals surface area contributed by atoms with Gasteiger partial charge in [-0.25, -0.2) is 14.8 Å². The Balaban J connectivity index is 1.59. The zero-order chi connectivity index (χ0) is 28.6. The number of ether oxygens (including phenoxy) is 2. The minimum Gasteiger partial charge on any atom is -0.465 e. The molecule has 5 aromatic rings. The average Bonchev–Trinajstić information content (AvgIpc) is 3.55. The molecule has 2 heterocycles. The number of carbonyl (C=O) groups is 1. The Morgan fingerprint density at radius 2 is 1.71 bits per heavy atom. The second-order valence-electron chi connectivity index (χ2n) is 10.3. The molecule has 0 radical (unpaired) electrons. The molecule has 8 nitrogen and oxygen atoms in total. The lowest BCUT2D eigenvalue weighted by atomic mass is 10.1. The van der Waals surface area contributed by atoms with Gasteiger partial charge >= 0.3 is 5.97 Å². The molecule has 214 valence electrons. The molecule has 5 rings (SSSR count). The van der Waals surface area contributed by atoms with Crippen molar-refractivity contribution in [3.63, 3.8) is 0 Å². The lowest BCUT2D eigenvalue weighted by Gasteiger charge is -2.14. The molecule has 0 bridgehead atoms. The summed E-state index contributed by atoms with van der Waals surface area (Å²) in [5, 5.41) is 3.62. The van der Waals surface area contributed by atoms with Crippen LogP contribution in [0.5, 0.6) is 0 Å². The molecular formula is C33H39N5O3. The van der Waals surface area contributed by atoms with Gasteiger partial charge in [0.1, 0.15) is 5.82 Å². The molecule has 0 aliphatic carbocycles. The number of hydrogen-bond acceptors (Lipinski definition) is 6. The summed E-state index contributed by atoms with van der Waals surface area (Å²) < 4.78 is 14.9. The van der Waals surface area contributed by atoms with Gasteiger partial charge in [-0.3, -0.25) is 0 Å². The van der Waals surface area contributed by atoms with E-state index >= 15 is 0 Å². The summed E-state index contributed by atoms with van der Waals surface area (Å²) in [6, 6.07) is 22.3. The molecule has 0 fully saturated rings. The van der Waals surface area contributed by atoms with E-state index in [4.69, 9.17) is 19.4 Å². The van der Waals surface area contributed by atoms with Gasteiger partial charge in [0.25, 0.3) is 0 Å². The highest BCUT2D eigenvalue weighted by atomic mass is 16.5. The number of anilines is 1. The molecule has 0 saturated carbocycles. The first-order valence-corrected chi connectivity index (χ1v) is 14.5. The molecular weight excluding hydrogens is 514 g/mol. The molecule has 3 aromatic carbocycles. The summed E-state index contributed by atoms with van der Waals surface area (Å²) in [5.41, 5.74) is 6.55. The number of fused-ring (bicyclic) bond motifs is 2. The van der Waals surface area contributed by atoms with E-state index in [1.165, 1.54) is 12.7 Å². The van der Waals surface area contributed by atoms with Crippen molar-refractivity contribution in [2.24, 2.45) is 0 Å². The average molecular weight is 554 g/mol. The Kier molecular flexibility index (Phi) is 9.31. The number of esters is 1. The summed E-state index contributed by atoms with van der Waals surface area (Å²) in [7, 11) is 3.12. The van der Waals surface area contributed by atoms with E-state index in [2.05, 4.69) is 57.8 Å². The van der Waals surface area contributed by atoms with Crippen molar-refractivity contribution in [1.82, 2.24) is 19.1 Å². The largest absolute Gasteiger partial charge is 0.465 e. The van der Waals surface area contributed by atoms with Gasteiger partial charge in [0.05, 0.1) is 34.7 Å². The van der Waals surface area contributed by atoms with Crippen molar-refractivity contribution in [3.05, 3.63) is 77.9 Å². The van der Waals surface area contributed by atoms with E-state index in [-0.39, 0.29) is 5.97 Å². The van der Waals surface area contributed by atoms with Crippen LogP contribution >= 0.6 is 0 Å². The number of hydrogen-bond donors (Lipinski definition) is 1. The third-order valence-corrected chi connectivity index (χ3v) is 7.43. The van der Waals surface area contributed by atoms with Crippen molar-refractivity contribution in [3.8, 4) is 11.4 Å². The van der Waals surface area contributed by atoms with Crippen LogP contribution in [0.1, 0.15) is 48.5 Å². The highest BCUT2D eigenvalue weighted by Gasteiger charge is 2.21. The van der Waals surface area contributed by atoms with Crippen molar-refractivity contribution in [1.29, 1.82) is 0 Å². The zero-order valence-electron chi connectivity index (χ0n) is 24.2. The highest BCUT2D eigenvalue weighted by molar-refractivity contribution is 5.97. The van der Waals surface area contributed by atoms with Gasteiger partial charge in [-0.1, -0.05) is 56.2 Å².